The Kier molecular flexibility index (Phi) is 7.67. The van der Waals surface area contributed by atoms with Crippen molar-refractivity contribution in [3.05, 3.63) is 0 Å². The monoisotopic (exact) mass is 337 g/mol. The third-order valence-electron chi connectivity index (χ3n) is 5.00. The molecule has 1 amide bonds. The van der Waals surface area contributed by atoms with Gasteiger partial charge in [0.2, 0.25) is 5.91 Å². The first-order valence-electron chi connectivity index (χ1n) is 7.07. The highest BCUT2D eigenvalue weighted by molar-refractivity contribution is 5.75. The summed E-state index contributed by atoms with van der Waals surface area (Å²) in [6.07, 6.45) is -3.82. The van der Waals surface area contributed by atoms with Gasteiger partial charge in [0.05, 0.1) is 55.9 Å². The summed E-state index contributed by atoms with van der Waals surface area (Å²) in [5, 5.41) is 62.8. The van der Waals surface area contributed by atoms with Gasteiger partial charge in [0, 0.05) is 0 Å². The summed E-state index contributed by atoms with van der Waals surface area (Å²) in [5.74, 6) is -1.01. The molecule has 0 bridgehead atoms. The van der Waals surface area contributed by atoms with E-state index in [1.54, 1.807) is 0 Å². The average molecular weight is 337 g/mol. The standard InChI is InChI=1S/C13H27N3O7/c1-8(21)11(4-17,5-18)13(16-15,3-10(14)23)12(6-19,7-20)9(2)22/h8-9,15,17-22H,3-7H2,1-2H3,(H2,14,23). The van der Waals surface area contributed by atoms with Crippen molar-refractivity contribution in [3.63, 3.8) is 0 Å². The lowest BCUT2D eigenvalue weighted by molar-refractivity contribution is -0.192. The van der Waals surface area contributed by atoms with Crippen LogP contribution in [0.3, 0.4) is 0 Å². The van der Waals surface area contributed by atoms with Gasteiger partial charge in [0.15, 0.2) is 0 Å². The van der Waals surface area contributed by atoms with Crippen molar-refractivity contribution < 1.29 is 35.4 Å². The molecule has 0 heterocycles. The number of primary amides is 1. The zero-order valence-electron chi connectivity index (χ0n) is 13.3. The van der Waals surface area contributed by atoms with Crippen LogP contribution in [0.4, 0.5) is 0 Å². The van der Waals surface area contributed by atoms with E-state index in [-0.39, 0.29) is 0 Å². The molecule has 10 heteroatoms. The molecule has 23 heavy (non-hydrogen) atoms. The summed E-state index contributed by atoms with van der Waals surface area (Å²) in [4.78, 5) is 11.6. The van der Waals surface area contributed by atoms with E-state index in [2.05, 4.69) is 5.11 Å². The van der Waals surface area contributed by atoms with Crippen LogP contribution in [0.2, 0.25) is 0 Å². The number of hydrogen-bond acceptors (Lipinski definition) is 9. The Labute approximate surface area is 134 Å². The second kappa shape index (κ2) is 8.08. The van der Waals surface area contributed by atoms with Crippen LogP contribution in [0, 0.1) is 16.4 Å². The van der Waals surface area contributed by atoms with Crippen molar-refractivity contribution in [2.24, 2.45) is 21.7 Å². The number of rotatable bonds is 11. The molecule has 0 fully saturated rings. The van der Waals surface area contributed by atoms with Gasteiger partial charge in [0.25, 0.3) is 0 Å². The summed E-state index contributed by atoms with van der Waals surface area (Å²) in [6.45, 7) is -1.38. The fraction of sp³-hybridized carbons (Fsp3) is 0.923. The van der Waals surface area contributed by atoms with E-state index in [4.69, 9.17) is 11.3 Å². The van der Waals surface area contributed by atoms with Crippen LogP contribution >= 0.6 is 0 Å². The highest BCUT2D eigenvalue weighted by Crippen LogP contribution is 2.53. The maximum Gasteiger partial charge on any atom is 0.219 e. The third-order valence-corrected chi connectivity index (χ3v) is 5.00. The lowest BCUT2D eigenvalue weighted by Crippen LogP contribution is -2.71. The Hall–Kier alpha value is -1.17. The molecule has 0 spiro atoms. The smallest absolute Gasteiger partial charge is 0.219 e. The van der Waals surface area contributed by atoms with E-state index in [9.17, 15) is 35.4 Å². The van der Waals surface area contributed by atoms with Crippen molar-refractivity contribution in [3.8, 4) is 0 Å². The summed E-state index contributed by atoms with van der Waals surface area (Å²) in [6, 6.07) is 0. The van der Waals surface area contributed by atoms with Crippen LogP contribution in [-0.4, -0.2) is 80.7 Å². The molecular formula is C13H27N3O7. The SMILES string of the molecule is CC(O)C(CO)(CO)C(CC(N)=O)(N=N)C(CO)(CO)C(C)O. The molecule has 136 valence electrons. The third kappa shape index (κ3) is 3.10. The fourth-order valence-corrected chi connectivity index (χ4v) is 3.20. The second-order valence-electron chi connectivity index (χ2n) is 5.91. The first-order chi connectivity index (χ1) is 10.6. The van der Waals surface area contributed by atoms with Gasteiger partial charge in [0.1, 0.15) is 5.54 Å². The van der Waals surface area contributed by atoms with Crippen LogP contribution in [0.5, 0.6) is 0 Å². The molecule has 0 aromatic heterocycles. The quantitative estimate of drug-likeness (QED) is 0.188. The van der Waals surface area contributed by atoms with Gasteiger partial charge in [-0.25, -0.2) is 5.53 Å². The molecular weight excluding hydrogens is 310 g/mol. The first-order valence-corrected chi connectivity index (χ1v) is 7.07. The summed E-state index contributed by atoms with van der Waals surface area (Å²) < 4.78 is 0. The highest BCUT2D eigenvalue weighted by Gasteiger charge is 2.67. The summed E-state index contributed by atoms with van der Waals surface area (Å²) in [5.41, 5.74) is 6.47. The molecule has 0 rings (SSSR count). The average Bonchev–Trinajstić information content (AvgIpc) is 2.48. The molecule has 0 saturated carbocycles. The Morgan fingerprint density at radius 1 is 1.00 bits per heavy atom. The Bertz CT molecular complexity index is 382. The number of hydrogen-bond donors (Lipinski definition) is 8. The van der Waals surface area contributed by atoms with Gasteiger partial charge < -0.3 is 36.4 Å². The molecule has 0 aliphatic rings. The van der Waals surface area contributed by atoms with Gasteiger partial charge in [-0.2, -0.15) is 5.11 Å². The fourth-order valence-electron chi connectivity index (χ4n) is 3.20. The van der Waals surface area contributed by atoms with E-state index in [0.717, 1.165) is 0 Å². The van der Waals surface area contributed by atoms with Gasteiger partial charge in [-0.15, -0.1) is 0 Å². The predicted octanol–water partition coefficient (Wildman–Crippen LogP) is -2.66. The van der Waals surface area contributed by atoms with Crippen molar-refractivity contribution in [2.75, 3.05) is 26.4 Å². The molecule has 0 saturated heterocycles. The van der Waals surface area contributed by atoms with Crippen molar-refractivity contribution in [2.45, 2.75) is 38.0 Å². The number of carbonyl (C=O) groups is 1. The summed E-state index contributed by atoms with van der Waals surface area (Å²) >= 11 is 0. The number of aliphatic hydroxyl groups excluding tert-OH is 6. The van der Waals surface area contributed by atoms with E-state index < -0.39 is 67.3 Å². The summed E-state index contributed by atoms with van der Waals surface area (Å²) in [7, 11) is 0. The molecule has 10 nitrogen and oxygen atoms in total. The number of carbonyl (C=O) groups excluding carboxylic acids is 1. The minimum absolute atomic E-state index is 0.797. The van der Waals surface area contributed by atoms with Crippen molar-refractivity contribution >= 4 is 5.91 Å². The number of nitrogens with two attached hydrogens (primary N) is 1. The zero-order valence-corrected chi connectivity index (χ0v) is 13.3. The van der Waals surface area contributed by atoms with Crippen LogP contribution in [-0.2, 0) is 4.79 Å². The van der Waals surface area contributed by atoms with Crippen LogP contribution in [0.25, 0.3) is 0 Å². The Morgan fingerprint density at radius 2 is 1.30 bits per heavy atom. The van der Waals surface area contributed by atoms with Gasteiger partial charge in [-0.1, -0.05) is 0 Å². The highest BCUT2D eigenvalue weighted by atomic mass is 16.3. The van der Waals surface area contributed by atoms with E-state index in [0.29, 0.717) is 0 Å². The largest absolute Gasteiger partial charge is 0.396 e. The molecule has 0 radical (unpaired) electrons. The second-order valence-corrected chi connectivity index (χ2v) is 5.91. The van der Waals surface area contributed by atoms with Gasteiger partial charge >= 0.3 is 0 Å². The maximum absolute atomic E-state index is 11.6. The van der Waals surface area contributed by atoms with E-state index >= 15 is 0 Å². The Morgan fingerprint density at radius 3 is 1.43 bits per heavy atom. The molecule has 2 unspecified atom stereocenters. The van der Waals surface area contributed by atoms with Crippen molar-refractivity contribution in [1.29, 1.82) is 5.53 Å². The Balaban J connectivity index is 6.86. The normalized spacial score (nSPS) is 18.1. The number of nitrogens with zero attached hydrogens (tertiary/aromatic N) is 1. The number of amides is 1. The van der Waals surface area contributed by atoms with Crippen LogP contribution < -0.4 is 5.73 Å². The lowest BCUT2D eigenvalue weighted by Gasteiger charge is -2.56. The van der Waals surface area contributed by atoms with Crippen LogP contribution in [0.1, 0.15) is 20.3 Å². The topological polar surface area (TPSA) is 201 Å². The molecule has 0 aromatic rings. The van der Waals surface area contributed by atoms with E-state index in [1.165, 1.54) is 13.8 Å². The number of aliphatic hydroxyl groups is 6. The van der Waals surface area contributed by atoms with Gasteiger partial charge in [-0.05, 0) is 13.8 Å². The molecule has 0 aliphatic heterocycles. The predicted molar refractivity (Wildman–Crippen MR) is 78.3 cm³/mol. The zero-order chi connectivity index (χ0) is 18.5. The first kappa shape index (κ1) is 21.8. The van der Waals surface area contributed by atoms with E-state index in [1.807, 2.05) is 0 Å². The molecule has 2 atom stereocenters. The minimum Gasteiger partial charge on any atom is -0.396 e. The van der Waals surface area contributed by atoms with Gasteiger partial charge in [-0.3, -0.25) is 4.79 Å². The van der Waals surface area contributed by atoms with Crippen molar-refractivity contribution in [1.82, 2.24) is 0 Å². The minimum atomic E-state index is -2.25. The molecule has 0 aliphatic carbocycles. The van der Waals surface area contributed by atoms with Crippen LogP contribution in [0.15, 0.2) is 5.11 Å². The maximum atomic E-state index is 11.6. The lowest BCUT2D eigenvalue weighted by atomic mass is 9.52. The molecule has 0 aromatic carbocycles. The number of nitrogens with one attached hydrogen (secondary N) is 1. The molecule has 9 N–H and O–H groups in total.